The second-order valence-electron chi connectivity index (χ2n) is 7.70. The Morgan fingerprint density at radius 1 is 1.39 bits per heavy atom. The van der Waals surface area contributed by atoms with Crippen LogP contribution in [0.1, 0.15) is 40.8 Å². The molecule has 2 aliphatic heterocycles. The van der Waals surface area contributed by atoms with Gasteiger partial charge in [0.25, 0.3) is 5.91 Å². The van der Waals surface area contributed by atoms with Crippen molar-refractivity contribution in [1.82, 2.24) is 30.1 Å². The summed E-state index contributed by atoms with van der Waals surface area (Å²) in [4.78, 5) is 41.3. The molecule has 10 nitrogen and oxygen atoms in total. The van der Waals surface area contributed by atoms with Crippen LogP contribution in [0.3, 0.4) is 0 Å². The van der Waals surface area contributed by atoms with Gasteiger partial charge in [-0.15, -0.1) is 11.3 Å². The first kappa shape index (κ1) is 21.1. The van der Waals surface area contributed by atoms with E-state index in [9.17, 15) is 9.59 Å². The van der Waals surface area contributed by atoms with Crippen molar-refractivity contribution in [2.75, 3.05) is 44.6 Å². The fourth-order valence-electron chi connectivity index (χ4n) is 3.92. The minimum absolute atomic E-state index is 0.0534. The summed E-state index contributed by atoms with van der Waals surface area (Å²) in [6.07, 6.45) is 2.06. The Hall–Kier alpha value is -3.10. The number of likely N-dealkylation sites (tertiary alicyclic amines) is 1. The van der Waals surface area contributed by atoms with Crippen LogP contribution in [0, 0.1) is 18.3 Å². The topological polar surface area (TPSA) is 127 Å². The highest BCUT2D eigenvalue weighted by atomic mass is 32.1. The zero-order chi connectivity index (χ0) is 21.8. The van der Waals surface area contributed by atoms with Gasteiger partial charge in [0.1, 0.15) is 17.3 Å². The summed E-state index contributed by atoms with van der Waals surface area (Å²) < 4.78 is 0. The van der Waals surface area contributed by atoms with Gasteiger partial charge >= 0.3 is 0 Å². The molecule has 1 atom stereocenters. The lowest BCUT2D eigenvalue weighted by molar-refractivity contribution is -0.123. The van der Waals surface area contributed by atoms with Crippen molar-refractivity contribution in [3.63, 3.8) is 0 Å². The number of nitrogens with zero attached hydrogens (tertiary/aromatic N) is 6. The molecule has 0 unspecified atom stereocenters. The van der Waals surface area contributed by atoms with Crippen LogP contribution in [0.15, 0.2) is 11.4 Å². The van der Waals surface area contributed by atoms with E-state index in [1.807, 2.05) is 13.0 Å². The number of rotatable bonds is 5. The molecule has 2 amide bonds. The lowest BCUT2D eigenvalue weighted by Crippen LogP contribution is -2.50. The van der Waals surface area contributed by atoms with E-state index in [1.54, 1.807) is 5.38 Å². The predicted molar refractivity (Wildman–Crippen MR) is 115 cm³/mol. The zero-order valence-corrected chi connectivity index (χ0v) is 18.1. The maximum absolute atomic E-state index is 12.6. The van der Waals surface area contributed by atoms with E-state index in [1.165, 1.54) is 16.2 Å². The molecule has 11 heteroatoms. The molecule has 162 valence electrons. The number of anilines is 2. The molecular weight excluding hydrogens is 416 g/mol. The van der Waals surface area contributed by atoms with Gasteiger partial charge in [-0.1, -0.05) is 0 Å². The number of aromatic nitrogens is 3. The zero-order valence-electron chi connectivity index (χ0n) is 17.3. The largest absolute Gasteiger partial charge is 0.353 e. The van der Waals surface area contributed by atoms with Crippen molar-refractivity contribution in [1.29, 1.82) is 5.26 Å². The third-order valence-corrected chi connectivity index (χ3v) is 6.12. The summed E-state index contributed by atoms with van der Waals surface area (Å²) in [7, 11) is 0. The molecule has 2 aromatic rings. The normalized spacial score (nSPS) is 19.5. The quantitative estimate of drug-likeness (QED) is 0.665. The third kappa shape index (κ3) is 5.15. The van der Waals surface area contributed by atoms with Crippen molar-refractivity contribution in [3.05, 3.63) is 28.7 Å². The molecule has 0 spiro atoms. The second kappa shape index (κ2) is 9.36. The molecule has 2 saturated heterocycles. The van der Waals surface area contributed by atoms with Crippen molar-refractivity contribution in [3.8, 4) is 6.07 Å². The molecule has 0 radical (unpaired) electrons. The van der Waals surface area contributed by atoms with Gasteiger partial charge in [-0.25, -0.2) is 15.0 Å². The maximum atomic E-state index is 12.6. The first-order valence-corrected chi connectivity index (χ1v) is 11.1. The number of hydrogen-bond donors (Lipinski definition) is 2. The summed E-state index contributed by atoms with van der Waals surface area (Å²) in [5, 5.41) is 17.1. The molecule has 0 aromatic carbocycles. The Bertz CT molecular complexity index is 1020. The number of piperazine rings is 1. The van der Waals surface area contributed by atoms with E-state index in [0.717, 1.165) is 31.6 Å². The lowest BCUT2D eigenvalue weighted by atomic mass is 9.94. The van der Waals surface area contributed by atoms with Gasteiger partial charge < -0.3 is 15.5 Å². The molecule has 0 aliphatic carbocycles. The van der Waals surface area contributed by atoms with Crippen LogP contribution in [-0.4, -0.2) is 75.8 Å². The monoisotopic (exact) mass is 440 g/mol. The number of nitriles is 1. The standard InChI is InChI=1S/C20H24N8O2S/c1-13-23-15(14-3-2-6-27(10-14)7-4-21)9-17(24-13)26-20-25-16(12-31-20)19(30)28-8-5-22-18(29)11-28/h9,12,14H,2-3,5-8,10-11H2,1H3,(H,22,29)(H,23,24,25,26)/t14-/m0/s1. The minimum Gasteiger partial charge on any atom is -0.353 e. The van der Waals surface area contributed by atoms with Crippen molar-refractivity contribution >= 4 is 34.1 Å². The van der Waals surface area contributed by atoms with E-state index in [4.69, 9.17) is 5.26 Å². The SMILES string of the molecule is Cc1nc(Nc2nc(C(=O)N3CCNC(=O)C3)cs2)cc([C@H]2CCCN(CC#N)C2)n1. The Labute approximate surface area is 184 Å². The highest BCUT2D eigenvalue weighted by Crippen LogP contribution is 2.28. The fraction of sp³-hybridized carbons (Fsp3) is 0.500. The smallest absolute Gasteiger partial charge is 0.273 e. The summed E-state index contributed by atoms with van der Waals surface area (Å²) in [6.45, 7) is 5.01. The van der Waals surface area contributed by atoms with Crippen LogP contribution in [0.4, 0.5) is 10.9 Å². The van der Waals surface area contributed by atoms with E-state index < -0.39 is 0 Å². The molecular formula is C20H24N8O2S. The summed E-state index contributed by atoms with van der Waals surface area (Å²) in [5.74, 6) is 1.13. The molecule has 4 rings (SSSR count). The number of nitrogens with one attached hydrogen (secondary N) is 2. The van der Waals surface area contributed by atoms with Gasteiger partial charge in [-0.05, 0) is 26.3 Å². The lowest BCUT2D eigenvalue weighted by Gasteiger charge is -2.30. The van der Waals surface area contributed by atoms with E-state index >= 15 is 0 Å². The van der Waals surface area contributed by atoms with Gasteiger partial charge in [0.15, 0.2) is 5.13 Å². The summed E-state index contributed by atoms with van der Waals surface area (Å²) in [5.41, 5.74) is 1.26. The molecule has 0 bridgehead atoms. The fourth-order valence-corrected chi connectivity index (χ4v) is 4.61. The Morgan fingerprint density at radius 3 is 3.06 bits per heavy atom. The van der Waals surface area contributed by atoms with E-state index in [-0.39, 0.29) is 24.3 Å². The highest BCUT2D eigenvalue weighted by Gasteiger charge is 2.25. The number of piperidine rings is 1. The Kier molecular flexibility index (Phi) is 6.39. The van der Waals surface area contributed by atoms with E-state index in [2.05, 4.69) is 36.6 Å². The van der Waals surface area contributed by atoms with Gasteiger partial charge in [-0.3, -0.25) is 14.5 Å². The average Bonchev–Trinajstić information content (AvgIpc) is 3.21. The van der Waals surface area contributed by atoms with Crippen LogP contribution >= 0.6 is 11.3 Å². The first-order chi connectivity index (χ1) is 15.0. The summed E-state index contributed by atoms with van der Waals surface area (Å²) >= 11 is 1.32. The highest BCUT2D eigenvalue weighted by molar-refractivity contribution is 7.14. The molecule has 4 heterocycles. The number of thiazole rings is 1. The van der Waals surface area contributed by atoms with Crippen LogP contribution in [0.5, 0.6) is 0 Å². The first-order valence-electron chi connectivity index (χ1n) is 10.2. The average molecular weight is 441 g/mol. The maximum Gasteiger partial charge on any atom is 0.273 e. The molecule has 2 N–H and O–H groups in total. The van der Waals surface area contributed by atoms with Gasteiger partial charge in [0, 0.05) is 37.0 Å². The minimum atomic E-state index is -0.251. The second-order valence-corrected chi connectivity index (χ2v) is 8.56. The molecule has 2 aromatic heterocycles. The summed E-state index contributed by atoms with van der Waals surface area (Å²) in [6, 6.07) is 4.15. The Balaban J connectivity index is 1.46. The molecule has 2 fully saturated rings. The van der Waals surface area contributed by atoms with Crippen LogP contribution < -0.4 is 10.6 Å². The van der Waals surface area contributed by atoms with E-state index in [0.29, 0.717) is 42.1 Å². The number of carbonyl (C=O) groups is 2. The van der Waals surface area contributed by atoms with Crippen molar-refractivity contribution in [2.24, 2.45) is 0 Å². The van der Waals surface area contributed by atoms with Crippen LogP contribution in [0.2, 0.25) is 0 Å². The van der Waals surface area contributed by atoms with Crippen LogP contribution in [0.25, 0.3) is 0 Å². The van der Waals surface area contributed by atoms with Gasteiger partial charge in [-0.2, -0.15) is 5.26 Å². The number of carbonyl (C=O) groups excluding carboxylic acids is 2. The number of hydrogen-bond acceptors (Lipinski definition) is 9. The van der Waals surface area contributed by atoms with Gasteiger partial charge in [0.2, 0.25) is 5.91 Å². The van der Waals surface area contributed by atoms with Gasteiger partial charge in [0.05, 0.1) is 24.9 Å². The Morgan fingerprint density at radius 2 is 2.26 bits per heavy atom. The molecule has 2 aliphatic rings. The van der Waals surface area contributed by atoms with Crippen molar-refractivity contribution in [2.45, 2.75) is 25.7 Å². The predicted octanol–water partition coefficient (Wildman–Crippen LogP) is 1.26. The molecule has 31 heavy (non-hydrogen) atoms. The third-order valence-electron chi connectivity index (χ3n) is 5.36. The number of amides is 2. The van der Waals surface area contributed by atoms with Crippen molar-refractivity contribution < 1.29 is 9.59 Å². The number of aryl methyl sites for hydroxylation is 1. The molecule has 0 saturated carbocycles. The van der Waals surface area contributed by atoms with Crippen LogP contribution in [-0.2, 0) is 4.79 Å².